The van der Waals surface area contributed by atoms with E-state index in [9.17, 15) is 4.79 Å². The van der Waals surface area contributed by atoms with Crippen LogP contribution in [0.25, 0.3) is 28.2 Å². The molecular weight excluding hydrogens is 456 g/mol. The van der Waals surface area contributed by atoms with Gasteiger partial charge in [0.1, 0.15) is 11.5 Å². The maximum absolute atomic E-state index is 11.6. The second-order valence-electron chi connectivity index (χ2n) is 8.59. The normalized spacial score (nSPS) is 13.8. The van der Waals surface area contributed by atoms with Gasteiger partial charge in [-0.2, -0.15) is 0 Å². The fourth-order valence-electron chi connectivity index (χ4n) is 4.37. The first kappa shape index (κ1) is 21.8. The molecule has 0 bridgehead atoms. The Balaban J connectivity index is 1.20. The summed E-state index contributed by atoms with van der Waals surface area (Å²) in [5, 5.41) is 3.19. The molecule has 5 aromatic rings. The number of pyridine rings is 2. The number of anilines is 3. The van der Waals surface area contributed by atoms with Gasteiger partial charge in [0.05, 0.1) is 42.0 Å². The Morgan fingerprint density at radius 3 is 2.58 bits per heavy atom. The summed E-state index contributed by atoms with van der Waals surface area (Å²) in [5.41, 5.74) is 5.47. The lowest BCUT2D eigenvalue weighted by Crippen LogP contribution is -2.48. The molecule has 10 nitrogen and oxygen atoms in total. The van der Waals surface area contributed by atoms with Crippen LogP contribution in [0.5, 0.6) is 0 Å². The number of hydrogen-bond acceptors (Lipinski definition) is 8. The van der Waals surface area contributed by atoms with Crippen molar-refractivity contribution in [3.63, 3.8) is 0 Å². The molecule has 0 radical (unpaired) electrons. The van der Waals surface area contributed by atoms with Crippen LogP contribution in [0.1, 0.15) is 6.92 Å². The van der Waals surface area contributed by atoms with Crippen LogP contribution in [0.2, 0.25) is 0 Å². The monoisotopic (exact) mass is 480 g/mol. The number of nitrogens with one attached hydrogen (secondary N) is 1. The largest absolute Gasteiger partial charge is 0.472 e. The van der Waals surface area contributed by atoms with Gasteiger partial charge in [-0.25, -0.2) is 19.9 Å². The molecule has 0 atom stereocenters. The maximum Gasteiger partial charge on any atom is 0.228 e. The zero-order chi connectivity index (χ0) is 24.5. The van der Waals surface area contributed by atoms with E-state index in [1.54, 1.807) is 31.8 Å². The average molecular weight is 481 g/mol. The van der Waals surface area contributed by atoms with E-state index in [1.165, 1.54) is 0 Å². The first-order valence-electron chi connectivity index (χ1n) is 11.7. The fourth-order valence-corrected chi connectivity index (χ4v) is 4.37. The minimum atomic E-state index is 0.122. The molecule has 1 aliphatic rings. The number of piperazine rings is 1. The topological polar surface area (TPSA) is 105 Å². The van der Waals surface area contributed by atoms with Crippen molar-refractivity contribution in [1.82, 2.24) is 29.2 Å². The number of rotatable bonds is 5. The summed E-state index contributed by atoms with van der Waals surface area (Å²) in [6.07, 6.45) is 10.7. The summed E-state index contributed by atoms with van der Waals surface area (Å²) in [5.74, 6) is 1.22. The maximum atomic E-state index is 11.6. The van der Waals surface area contributed by atoms with Gasteiger partial charge in [-0.15, -0.1) is 0 Å². The first-order valence-corrected chi connectivity index (χ1v) is 11.7. The van der Waals surface area contributed by atoms with Crippen molar-refractivity contribution in [1.29, 1.82) is 0 Å². The molecule has 0 spiro atoms. The summed E-state index contributed by atoms with van der Waals surface area (Å²) in [4.78, 5) is 33.8. The molecule has 6 rings (SSSR count). The van der Waals surface area contributed by atoms with Gasteiger partial charge in [-0.05, 0) is 36.4 Å². The molecule has 5 aromatic heterocycles. The van der Waals surface area contributed by atoms with Crippen molar-refractivity contribution in [2.75, 3.05) is 36.4 Å². The van der Waals surface area contributed by atoms with Gasteiger partial charge in [0.15, 0.2) is 0 Å². The van der Waals surface area contributed by atoms with Crippen molar-refractivity contribution in [2.45, 2.75) is 6.92 Å². The van der Waals surface area contributed by atoms with Crippen molar-refractivity contribution in [3.8, 4) is 22.5 Å². The summed E-state index contributed by atoms with van der Waals surface area (Å²) >= 11 is 0. The number of amides is 1. The quantitative estimate of drug-likeness (QED) is 0.404. The molecule has 1 aliphatic heterocycles. The fraction of sp³-hybridized carbons (Fsp3) is 0.192. The number of aromatic nitrogens is 5. The highest BCUT2D eigenvalue weighted by Gasteiger charge is 2.19. The SMILES string of the molecule is CC(=O)N1CCN(c2ccc(Nc3nccc(-c4cnc5ccc(-c6ccoc6)cn45)n3)nc2)CC1. The van der Waals surface area contributed by atoms with E-state index in [2.05, 4.69) is 25.2 Å². The van der Waals surface area contributed by atoms with Crippen molar-refractivity contribution >= 4 is 29.0 Å². The molecule has 1 N–H and O–H groups in total. The van der Waals surface area contributed by atoms with Gasteiger partial charge < -0.3 is 19.5 Å². The van der Waals surface area contributed by atoms with Crippen LogP contribution in [0.4, 0.5) is 17.5 Å². The first-order chi connectivity index (χ1) is 17.6. The highest BCUT2D eigenvalue weighted by molar-refractivity contribution is 5.73. The van der Waals surface area contributed by atoms with Gasteiger partial charge in [0, 0.05) is 56.6 Å². The number of hydrogen-bond donors (Lipinski definition) is 1. The Morgan fingerprint density at radius 1 is 0.944 bits per heavy atom. The summed E-state index contributed by atoms with van der Waals surface area (Å²) in [7, 11) is 0. The van der Waals surface area contributed by atoms with Gasteiger partial charge >= 0.3 is 0 Å². The smallest absolute Gasteiger partial charge is 0.228 e. The molecule has 0 saturated carbocycles. The average Bonchev–Trinajstić information content (AvgIpc) is 3.60. The Hall–Kier alpha value is -4.73. The third-order valence-electron chi connectivity index (χ3n) is 6.36. The van der Waals surface area contributed by atoms with E-state index in [-0.39, 0.29) is 5.91 Å². The Bertz CT molecular complexity index is 1500. The highest BCUT2D eigenvalue weighted by Crippen LogP contribution is 2.25. The number of furan rings is 1. The molecule has 0 unspecified atom stereocenters. The molecule has 6 heterocycles. The van der Waals surface area contributed by atoms with Crippen LogP contribution in [0, 0.1) is 0 Å². The Morgan fingerprint density at radius 2 is 1.83 bits per heavy atom. The highest BCUT2D eigenvalue weighted by atomic mass is 16.3. The van der Waals surface area contributed by atoms with Crippen molar-refractivity contribution in [3.05, 3.63) is 73.7 Å². The summed E-state index contributed by atoms with van der Waals surface area (Å²) in [6, 6.07) is 11.7. The second kappa shape index (κ2) is 9.14. The van der Waals surface area contributed by atoms with E-state index in [4.69, 9.17) is 9.40 Å². The lowest BCUT2D eigenvalue weighted by molar-refractivity contribution is -0.129. The lowest BCUT2D eigenvalue weighted by atomic mass is 10.1. The van der Waals surface area contributed by atoms with Crippen molar-refractivity contribution < 1.29 is 9.21 Å². The second-order valence-corrected chi connectivity index (χ2v) is 8.59. The molecule has 0 aromatic carbocycles. The summed E-state index contributed by atoms with van der Waals surface area (Å²) in [6.45, 7) is 4.65. The molecule has 1 amide bonds. The van der Waals surface area contributed by atoms with E-state index in [0.717, 1.165) is 60.0 Å². The minimum Gasteiger partial charge on any atom is -0.472 e. The number of carbonyl (C=O) groups is 1. The lowest BCUT2D eigenvalue weighted by Gasteiger charge is -2.35. The van der Waals surface area contributed by atoms with Gasteiger partial charge in [-0.1, -0.05) is 0 Å². The molecule has 180 valence electrons. The van der Waals surface area contributed by atoms with Crippen LogP contribution in [0.15, 0.2) is 78.1 Å². The molecule has 1 fully saturated rings. The molecule has 10 heteroatoms. The number of fused-ring (bicyclic) bond motifs is 1. The van der Waals surface area contributed by atoms with E-state index >= 15 is 0 Å². The van der Waals surface area contributed by atoms with Gasteiger partial charge in [0.2, 0.25) is 11.9 Å². The predicted molar refractivity (Wildman–Crippen MR) is 136 cm³/mol. The molecule has 36 heavy (non-hydrogen) atoms. The van der Waals surface area contributed by atoms with Crippen LogP contribution < -0.4 is 10.2 Å². The predicted octanol–water partition coefficient (Wildman–Crippen LogP) is 3.86. The zero-order valence-corrected chi connectivity index (χ0v) is 19.7. The third kappa shape index (κ3) is 4.24. The van der Waals surface area contributed by atoms with E-state index < -0.39 is 0 Å². The van der Waals surface area contributed by atoms with Crippen LogP contribution >= 0.6 is 0 Å². The standard InChI is InChI=1S/C26H24N8O2/c1-18(35)32-9-11-33(12-10-32)21-3-4-24(28-14-21)31-26-27-8-6-22(30-26)23-15-29-25-5-2-19(16-34(23)25)20-7-13-36-17-20/h2-8,13-17H,9-12H2,1H3,(H,27,28,30,31). The van der Waals surface area contributed by atoms with E-state index in [0.29, 0.717) is 11.8 Å². The molecule has 0 aliphatic carbocycles. The zero-order valence-electron chi connectivity index (χ0n) is 19.7. The van der Waals surface area contributed by atoms with Crippen LogP contribution in [0.3, 0.4) is 0 Å². The number of carbonyl (C=O) groups excluding carboxylic acids is 1. The Labute approximate surface area is 207 Å². The van der Waals surface area contributed by atoms with Gasteiger partial charge in [-0.3, -0.25) is 9.20 Å². The third-order valence-corrected chi connectivity index (χ3v) is 6.36. The number of nitrogens with zero attached hydrogens (tertiary/aromatic N) is 7. The van der Waals surface area contributed by atoms with Crippen molar-refractivity contribution in [2.24, 2.45) is 0 Å². The van der Waals surface area contributed by atoms with Crippen LogP contribution in [-0.4, -0.2) is 61.3 Å². The number of imidazole rings is 1. The molecular formula is C26H24N8O2. The van der Waals surface area contributed by atoms with E-state index in [1.807, 2.05) is 58.1 Å². The summed E-state index contributed by atoms with van der Waals surface area (Å²) < 4.78 is 7.23. The van der Waals surface area contributed by atoms with Crippen LogP contribution in [-0.2, 0) is 4.79 Å². The Kier molecular flexibility index (Phi) is 5.53. The minimum absolute atomic E-state index is 0.122. The van der Waals surface area contributed by atoms with Gasteiger partial charge in [0.25, 0.3) is 0 Å². The molecule has 1 saturated heterocycles.